The Morgan fingerprint density at radius 3 is 2.38 bits per heavy atom. The molecule has 0 bridgehead atoms. The van der Waals surface area contributed by atoms with Crippen LogP contribution in [0.2, 0.25) is 0 Å². The van der Waals surface area contributed by atoms with Gasteiger partial charge >= 0.3 is 0 Å². The number of hydrogen-bond acceptors (Lipinski definition) is 0. The summed E-state index contributed by atoms with van der Waals surface area (Å²) in [6.45, 7) is 4.43. The van der Waals surface area contributed by atoms with E-state index in [1.54, 1.807) is 0 Å². The van der Waals surface area contributed by atoms with E-state index in [0.717, 1.165) is 0 Å². The van der Waals surface area contributed by atoms with Crippen LogP contribution in [-0.2, 0) is 6.42 Å². The van der Waals surface area contributed by atoms with Gasteiger partial charge in [-0.15, -0.1) is 9.24 Å². The van der Waals surface area contributed by atoms with Gasteiger partial charge in [-0.1, -0.05) is 57.2 Å². The minimum atomic E-state index is 1.24. The summed E-state index contributed by atoms with van der Waals surface area (Å²) in [5, 5.41) is 1.35. The lowest BCUT2D eigenvalue weighted by molar-refractivity contribution is 0.607. The predicted molar refractivity (Wildman–Crippen MR) is 77.6 cm³/mol. The minimum absolute atomic E-state index is 1.24. The van der Waals surface area contributed by atoms with Crippen molar-refractivity contribution < 1.29 is 0 Å². The van der Waals surface area contributed by atoms with Crippen LogP contribution in [0.25, 0.3) is 0 Å². The van der Waals surface area contributed by atoms with Gasteiger partial charge in [-0.05, 0) is 36.2 Å². The second kappa shape index (κ2) is 7.85. The van der Waals surface area contributed by atoms with Gasteiger partial charge in [0.15, 0.2) is 0 Å². The van der Waals surface area contributed by atoms with Crippen LogP contribution in [0.15, 0.2) is 18.2 Å². The van der Waals surface area contributed by atoms with Crippen molar-refractivity contribution in [2.75, 3.05) is 0 Å². The first-order chi connectivity index (χ1) is 7.74. The SMILES string of the molecule is CCCCCCCCc1ccc(C)c(P)c1. The van der Waals surface area contributed by atoms with E-state index < -0.39 is 0 Å². The molecular formula is C15H25P. The average Bonchev–Trinajstić information content (AvgIpc) is 2.28. The predicted octanol–water partition coefficient (Wildman–Crippen LogP) is 4.40. The molecule has 0 aliphatic heterocycles. The molecule has 16 heavy (non-hydrogen) atoms. The van der Waals surface area contributed by atoms with Crippen LogP contribution in [0.4, 0.5) is 0 Å². The summed E-state index contributed by atoms with van der Waals surface area (Å²) < 4.78 is 0. The topological polar surface area (TPSA) is 0 Å². The highest BCUT2D eigenvalue weighted by Gasteiger charge is 1.97. The third-order valence-corrected chi connectivity index (χ3v) is 3.78. The Morgan fingerprint density at radius 2 is 1.69 bits per heavy atom. The van der Waals surface area contributed by atoms with Crippen LogP contribution in [0.3, 0.4) is 0 Å². The van der Waals surface area contributed by atoms with Crippen LogP contribution in [-0.4, -0.2) is 0 Å². The Balaban J connectivity index is 2.19. The molecule has 1 heteroatoms. The summed E-state index contributed by atoms with van der Waals surface area (Å²) in [5.41, 5.74) is 2.86. The number of aryl methyl sites for hydroxylation is 2. The van der Waals surface area contributed by atoms with E-state index in [4.69, 9.17) is 0 Å². The quantitative estimate of drug-likeness (QED) is 0.486. The van der Waals surface area contributed by atoms with Crippen molar-refractivity contribution in [1.82, 2.24) is 0 Å². The van der Waals surface area contributed by atoms with Crippen molar-refractivity contribution >= 4 is 14.5 Å². The van der Waals surface area contributed by atoms with Gasteiger partial charge in [-0.25, -0.2) is 0 Å². The summed E-state index contributed by atoms with van der Waals surface area (Å²) in [7, 11) is 2.82. The van der Waals surface area contributed by atoms with Crippen molar-refractivity contribution in [3.05, 3.63) is 29.3 Å². The van der Waals surface area contributed by atoms with Gasteiger partial charge in [0.2, 0.25) is 0 Å². The fraction of sp³-hybridized carbons (Fsp3) is 0.600. The molecule has 0 radical (unpaired) electrons. The third kappa shape index (κ3) is 5.12. The Hall–Kier alpha value is -0.350. The van der Waals surface area contributed by atoms with Gasteiger partial charge in [-0.3, -0.25) is 0 Å². The van der Waals surface area contributed by atoms with Crippen LogP contribution >= 0.6 is 9.24 Å². The molecule has 1 unspecified atom stereocenters. The molecule has 0 saturated heterocycles. The maximum Gasteiger partial charge on any atom is -0.0271 e. The van der Waals surface area contributed by atoms with Crippen molar-refractivity contribution in [3.63, 3.8) is 0 Å². The second-order valence-corrected chi connectivity index (χ2v) is 5.33. The first-order valence-electron chi connectivity index (χ1n) is 6.59. The lowest BCUT2D eigenvalue weighted by atomic mass is 10.0. The molecule has 0 N–H and O–H groups in total. The normalized spacial score (nSPS) is 10.7. The van der Waals surface area contributed by atoms with Crippen LogP contribution in [0.1, 0.15) is 56.6 Å². The lowest BCUT2D eigenvalue weighted by Crippen LogP contribution is -1.98. The van der Waals surface area contributed by atoms with Crippen LogP contribution in [0, 0.1) is 6.92 Å². The molecule has 90 valence electrons. The monoisotopic (exact) mass is 236 g/mol. The maximum absolute atomic E-state index is 2.82. The molecule has 0 fully saturated rings. The number of rotatable bonds is 7. The zero-order valence-corrected chi connectivity index (χ0v) is 11.9. The second-order valence-electron chi connectivity index (χ2n) is 4.71. The molecule has 1 aromatic rings. The first kappa shape index (κ1) is 13.7. The molecular weight excluding hydrogens is 211 g/mol. The van der Waals surface area contributed by atoms with E-state index in [9.17, 15) is 0 Å². The third-order valence-electron chi connectivity index (χ3n) is 3.16. The summed E-state index contributed by atoms with van der Waals surface area (Å²) in [6, 6.07) is 6.82. The summed E-state index contributed by atoms with van der Waals surface area (Å²) in [5.74, 6) is 0. The molecule has 1 aromatic carbocycles. The number of hydrogen-bond donors (Lipinski definition) is 0. The van der Waals surface area contributed by atoms with Gasteiger partial charge in [0.1, 0.15) is 0 Å². The van der Waals surface area contributed by atoms with Gasteiger partial charge < -0.3 is 0 Å². The maximum atomic E-state index is 2.82. The largest absolute Gasteiger partial charge is 0.105 e. The summed E-state index contributed by atoms with van der Waals surface area (Å²) >= 11 is 0. The first-order valence-corrected chi connectivity index (χ1v) is 7.16. The zero-order valence-electron chi connectivity index (χ0n) is 10.8. The minimum Gasteiger partial charge on any atom is -0.105 e. The highest BCUT2D eigenvalue weighted by Crippen LogP contribution is 2.11. The van der Waals surface area contributed by atoms with E-state index >= 15 is 0 Å². The average molecular weight is 236 g/mol. The Labute approximate surface area is 103 Å². The van der Waals surface area contributed by atoms with Crippen molar-refractivity contribution in [1.29, 1.82) is 0 Å². The highest BCUT2D eigenvalue weighted by atomic mass is 31.0. The van der Waals surface area contributed by atoms with Crippen LogP contribution in [0.5, 0.6) is 0 Å². The van der Waals surface area contributed by atoms with Crippen molar-refractivity contribution in [2.24, 2.45) is 0 Å². The standard InChI is InChI=1S/C15H25P/c1-3-4-5-6-7-8-9-14-11-10-13(2)15(16)12-14/h10-12H,3-9,16H2,1-2H3. The van der Waals surface area contributed by atoms with E-state index in [0.29, 0.717) is 0 Å². The van der Waals surface area contributed by atoms with E-state index in [-0.39, 0.29) is 0 Å². The van der Waals surface area contributed by atoms with Gasteiger partial charge in [0, 0.05) is 0 Å². The Kier molecular flexibility index (Phi) is 6.73. The van der Waals surface area contributed by atoms with Crippen molar-refractivity contribution in [2.45, 2.75) is 58.8 Å². The molecule has 1 atom stereocenters. The molecule has 0 aromatic heterocycles. The molecule has 0 amide bonds. The zero-order chi connectivity index (χ0) is 11.8. The van der Waals surface area contributed by atoms with Gasteiger partial charge in [0.25, 0.3) is 0 Å². The lowest BCUT2D eigenvalue weighted by Gasteiger charge is -2.05. The van der Waals surface area contributed by atoms with E-state index in [1.165, 1.54) is 61.4 Å². The summed E-state index contributed by atoms with van der Waals surface area (Å²) in [6.07, 6.45) is 9.55. The molecule has 0 nitrogen and oxygen atoms in total. The smallest absolute Gasteiger partial charge is 0.0271 e. The highest BCUT2D eigenvalue weighted by molar-refractivity contribution is 7.27. The summed E-state index contributed by atoms with van der Waals surface area (Å²) in [4.78, 5) is 0. The fourth-order valence-corrected chi connectivity index (χ4v) is 2.27. The van der Waals surface area contributed by atoms with E-state index in [1.807, 2.05) is 0 Å². The Morgan fingerprint density at radius 1 is 1.00 bits per heavy atom. The molecule has 0 saturated carbocycles. The van der Waals surface area contributed by atoms with Gasteiger partial charge in [0.05, 0.1) is 0 Å². The molecule has 0 spiro atoms. The molecule has 1 rings (SSSR count). The molecule has 0 aliphatic rings. The number of benzene rings is 1. The van der Waals surface area contributed by atoms with Crippen molar-refractivity contribution in [3.8, 4) is 0 Å². The van der Waals surface area contributed by atoms with Gasteiger partial charge in [-0.2, -0.15) is 0 Å². The fourth-order valence-electron chi connectivity index (χ4n) is 1.95. The Bertz CT molecular complexity index is 304. The number of unbranched alkanes of at least 4 members (excludes halogenated alkanes) is 5. The van der Waals surface area contributed by atoms with Crippen LogP contribution < -0.4 is 5.30 Å². The molecule has 0 heterocycles. The molecule has 0 aliphatic carbocycles. The van der Waals surface area contributed by atoms with E-state index in [2.05, 4.69) is 41.3 Å².